The molecule has 2 nitrogen and oxygen atoms in total. The van der Waals surface area contributed by atoms with E-state index in [1.165, 1.54) is 0 Å². The number of hydrogen-bond donors (Lipinski definition) is 1. The van der Waals surface area contributed by atoms with Gasteiger partial charge in [-0.05, 0) is 31.5 Å². The van der Waals surface area contributed by atoms with Gasteiger partial charge in [0.05, 0.1) is 0 Å². The molecule has 0 aliphatic rings. The average Bonchev–Trinajstić information content (AvgIpc) is 2.14. The van der Waals surface area contributed by atoms with E-state index in [-0.39, 0.29) is 11.9 Å². The number of hydrogen-bond acceptors (Lipinski definition) is 1. The molecule has 17 heavy (non-hydrogen) atoms. The highest BCUT2D eigenvalue weighted by Crippen LogP contribution is 2.20. The van der Waals surface area contributed by atoms with Gasteiger partial charge < -0.3 is 5.32 Å². The molecule has 5 heteroatoms. The van der Waals surface area contributed by atoms with Gasteiger partial charge in [-0.25, -0.2) is 0 Å². The van der Waals surface area contributed by atoms with Crippen molar-refractivity contribution in [2.24, 2.45) is 0 Å². The number of carbonyl (C=O) groups is 1. The molecule has 1 aromatic rings. The highest BCUT2D eigenvalue weighted by Gasteiger charge is 2.12. The Morgan fingerprint density at radius 2 is 1.76 bits per heavy atom. The summed E-state index contributed by atoms with van der Waals surface area (Å²) < 4.78 is 1.78. The van der Waals surface area contributed by atoms with Gasteiger partial charge in [-0.3, -0.25) is 4.79 Å². The standard InChI is InChI=1S/C12H14Br3NO/c1-7(13)3-8(2)16-12(17)9-4-10(14)6-11(15)5-9/h4-8H,3H2,1-2H3,(H,16,17). The molecule has 0 aromatic heterocycles. The topological polar surface area (TPSA) is 29.1 Å². The van der Waals surface area contributed by atoms with Crippen LogP contribution in [0.15, 0.2) is 27.1 Å². The highest BCUT2D eigenvalue weighted by atomic mass is 79.9. The molecule has 2 unspecified atom stereocenters. The lowest BCUT2D eigenvalue weighted by Crippen LogP contribution is -2.33. The molecule has 0 aliphatic heterocycles. The monoisotopic (exact) mass is 425 g/mol. The molecule has 0 bridgehead atoms. The van der Waals surface area contributed by atoms with Crippen LogP contribution in [0.2, 0.25) is 0 Å². The fourth-order valence-electron chi connectivity index (χ4n) is 1.54. The summed E-state index contributed by atoms with van der Waals surface area (Å²) in [5, 5.41) is 2.97. The maximum atomic E-state index is 12.0. The summed E-state index contributed by atoms with van der Waals surface area (Å²) in [7, 11) is 0. The number of benzene rings is 1. The Bertz CT molecular complexity index is 386. The van der Waals surface area contributed by atoms with E-state index in [9.17, 15) is 4.79 Å². The Morgan fingerprint density at radius 3 is 2.24 bits per heavy atom. The summed E-state index contributed by atoms with van der Waals surface area (Å²) in [6, 6.07) is 5.67. The minimum atomic E-state index is -0.0485. The maximum Gasteiger partial charge on any atom is 0.251 e. The molecular formula is C12H14Br3NO. The zero-order chi connectivity index (χ0) is 13.0. The molecule has 0 saturated carbocycles. The molecule has 0 heterocycles. The van der Waals surface area contributed by atoms with Gasteiger partial charge in [0.25, 0.3) is 5.91 Å². The number of rotatable bonds is 4. The summed E-state index contributed by atoms with van der Waals surface area (Å²) in [5.74, 6) is -0.0485. The normalized spacial score (nSPS) is 14.2. The lowest BCUT2D eigenvalue weighted by atomic mass is 10.1. The smallest absolute Gasteiger partial charge is 0.251 e. The van der Waals surface area contributed by atoms with Gasteiger partial charge in [0.1, 0.15) is 0 Å². The molecule has 0 saturated heterocycles. The molecule has 1 aromatic carbocycles. The number of nitrogens with one attached hydrogen (secondary N) is 1. The van der Waals surface area contributed by atoms with Crippen LogP contribution in [-0.4, -0.2) is 16.8 Å². The minimum absolute atomic E-state index is 0.0485. The van der Waals surface area contributed by atoms with Crippen molar-refractivity contribution in [1.82, 2.24) is 5.32 Å². The van der Waals surface area contributed by atoms with E-state index < -0.39 is 0 Å². The lowest BCUT2D eigenvalue weighted by molar-refractivity contribution is 0.0938. The van der Waals surface area contributed by atoms with Crippen LogP contribution in [0.3, 0.4) is 0 Å². The number of carbonyl (C=O) groups excluding carboxylic acids is 1. The number of alkyl halides is 1. The van der Waals surface area contributed by atoms with Crippen molar-refractivity contribution in [3.8, 4) is 0 Å². The zero-order valence-electron chi connectivity index (χ0n) is 9.64. The first-order valence-corrected chi connectivity index (χ1v) is 7.79. The second-order valence-corrected chi connectivity index (χ2v) is 7.44. The minimum Gasteiger partial charge on any atom is -0.350 e. The molecule has 0 fully saturated rings. The van der Waals surface area contributed by atoms with Gasteiger partial charge in [0.15, 0.2) is 0 Å². The molecule has 2 atom stereocenters. The van der Waals surface area contributed by atoms with Crippen LogP contribution in [0.4, 0.5) is 0 Å². The third-order valence-corrected chi connectivity index (χ3v) is 3.47. The van der Waals surface area contributed by atoms with Crippen LogP contribution in [0.25, 0.3) is 0 Å². The quantitative estimate of drug-likeness (QED) is 0.704. The number of halogens is 3. The van der Waals surface area contributed by atoms with Crippen LogP contribution in [0, 0.1) is 0 Å². The summed E-state index contributed by atoms with van der Waals surface area (Å²) in [6.45, 7) is 4.07. The van der Waals surface area contributed by atoms with Crippen molar-refractivity contribution >= 4 is 53.7 Å². The zero-order valence-corrected chi connectivity index (χ0v) is 14.4. The predicted molar refractivity (Wildman–Crippen MR) is 81.8 cm³/mol. The fourth-order valence-corrected chi connectivity index (χ4v) is 3.39. The molecular weight excluding hydrogens is 414 g/mol. The lowest BCUT2D eigenvalue weighted by Gasteiger charge is -2.15. The first-order chi connectivity index (χ1) is 7.88. The maximum absolute atomic E-state index is 12.0. The van der Waals surface area contributed by atoms with Crippen LogP contribution in [-0.2, 0) is 0 Å². The molecule has 0 aliphatic carbocycles. The van der Waals surface area contributed by atoms with Gasteiger partial charge in [-0.2, -0.15) is 0 Å². The Balaban J connectivity index is 2.69. The second-order valence-electron chi connectivity index (χ2n) is 4.05. The van der Waals surface area contributed by atoms with Gasteiger partial charge in [0.2, 0.25) is 0 Å². The van der Waals surface area contributed by atoms with E-state index in [0.29, 0.717) is 10.4 Å². The Hall–Kier alpha value is 0.130. The number of amides is 1. The SMILES string of the molecule is CC(Br)CC(C)NC(=O)c1cc(Br)cc(Br)c1. The van der Waals surface area contributed by atoms with Crippen molar-refractivity contribution in [3.63, 3.8) is 0 Å². The average molecular weight is 428 g/mol. The molecule has 1 amide bonds. The predicted octanol–water partition coefficient (Wildman–Crippen LogP) is 4.50. The summed E-state index contributed by atoms with van der Waals surface area (Å²) >= 11 is 10.2. The third-order valence-electron chi connectivity index (χ3n) is 2.18. The molecule has 0 spiro atoms. The molecule has 1 rings (SSSR count). The van der Waals surface area contributed by atoms with Crippen molar-refractivity contribution in [1.29, 1.82) is 0 Å². The van der Waals surface area contributed by atoms with Gasteiger partial charge in [-0.15, -0.1) is 0 Å². The van der Waals surface area contributed by atoms with E-state index in [1.54, 1.807) is 0 Å². The van der Waals surface area contributed by atoms with Crippen LogP contribution in [0.1, 0.15) is 30.6 Å². The first kappa shape index (κ1) is 15.2. The van der Waals surface area contributed by atoms with Crippen LogP contribution < -0.4 is 5.32 Å². The van der Waals surface area contributed by atoms with Crippen molar-refractivity contribution in [2.45, 2.75) is 31.1 Å². The van der Waals surface area contributed by atoms with Gasteiger partial charge in [-0.1, -0.05) is 54.7 Å². The highest BCUT2D eigenvalue weighted by molar-refractivity contribution is 9.11. The van der Waals surface area contributed by atoms with Crippen molar-refractivity contribution in [2.75, 3.05) is 0 Å². The molecule has 94 valence electrons. The van der Waals surface area contributed by atoms with Gasteiger partial charge >= 0.3 is 0 Å². The van der Waals surface area contributed by atoms with E-state index >= 15 is 0 Å². The van der Waals surface area contributed by atoms with Crippen molar-refractivity contribution < 1.29 is 4.79 Å². The van der Waals surface area contributed by atoms with E-state index in [0.717, 1.165) is 15.4 Å². The summed E-state index contributed by atoms with van der Waals surface area (Å²) in [6.07, 6.45) is 0.904. The third kappa shape index (κ3) is 5.53. The largest absolute Gasteiger partial charge is 0.350 e. The van der Waals surface area contributed by atoms with E-state index in [4.69, 9.17) is 0 Å². The van der Waals surface area contributed by atoms with Gasteiger partial charge in [0, 0.05) is 25.4 Å². The fraction of sp³-hybridized carbons (Fsp3) is 0.417. The van der Waals surface area contributed by atoms with E-state index in [1.807, 2.05) is 25.1 Å². The van der Waals surface area contributed by atoms with E-state index in [2.05, 4.69) is 60.0 Å². The first-order valence-electron chi connectivity index (χ1n) is 5.29. The van der Waals surface area contributed by atoms with Crippen LogP contribution >= 0.6 is 47.8 Å². The molecule has 0 radical (unpaired) electrons. The Morgan fingerprint density at radius 1 is 1.24 bits per heavy atom. The second kappa shape index (κ2) is 6.90. The Labute approximate surface area is 127 Å². The molecule has 1 N–H and O–H groups in total. The summed E-state index contributed by atoms with van der Waals surface area (Å²) in [4.78, 5) is 12.4. The Kier molecular flexibility index (Phi) is 6.17. The van der Waals surface area contributed by atoms with Crippen molar-refractivity contribution in [3.05, 3.63) is 32.7 Å². The van der Waals surface area contributed by atoms with Crippen LogP contribution in [0.5, 0.6) is 0 Å². The summed E-state index contributed by atoms with van der Waals surface area (Å²) in [5.41, 5.74) is 0.653.